The average Bonchev–Trinajstić information content (AvgIpc) is 3.19. The van der Waals surface area contributed by atoms with Crippen LogP contribution in [0.3, 0.4) is 0 Å². The van der Waals surface area contributed by atoms with Gasteiger partial charge in [0.25, 0.3) is 0 Å². The lowest BCUT2D eigenvalue weighted by Crippen LogP contribution is -2.39. The molecule has 2 aliphatic rings. The molecule has 0 unspecified atom stereocenters. The molecule has 2 aromatic heterocycles. The van der Waals surface area contributed by atoms with Crippen LogP contribution in [-0.2, 0) is 11.3 Å². The van der Waals surface area contributed by atoms with Crippen molar-refractivity contribution < 1.29 is 4.74 Å². The summed E-state index contributed by atoms with van der Waals surface area (Å²) in [6, 6.07) is 10.7. The van der Waals surface area contributed by atoms with Crippen LogP contribution in [0.5, 0.6) is 0 Å². The lowest BCUT2D eigenvalue weighted by molar-refractivity contribution is 0.0398. The van der Waals surface area contributed by atoms with Crippen molar-refractivity contribution in [2.45, 2.75) is 38.3 Å². The van der Waals surface area contributed by atoms with E-state index in [4.69, 9.17) is 20.6 Å². The van der Waals surface area contributed by atoms with Crippen molar-refractivity contribution in [3.8, 4) is 11.3 Å². The minimum absolute atomic E-state index is 0.352. The molecule has 8 heteroatoms. The van der Waals surface area contributed by atoms with Gasteiger partial charge in [0.05, 0.1) is 18.6 Å². The summed E-state index contributed by atoms with van der Waals surface area (Å²) in [5.41, 5.74) is 9.07. The Morgan fingerprint density at radius 3 is 2.62 bits per heavy atom. The van der Waals surface area contributed by atoms with E-state index in [0.29, 0.717) is 17.9 Å². The Balaban J connectivity index is 1.37. The van der Waals surface area contributed by atoms with Gasteiger partial charge in [-0.25, -0.2) is 9.67 Å². The predicted molar refractivity (Wildman–Crippen MR) is 126 cm³/mol. The molecule has 2 fully saturated rings. The fourth-order valence-electron chi connectivity index (χ4n) is 4.75. The summed E-state index contributed by atoms with van der Waals surface area (Å²) >= 11 is 0. The number of anilines is 1. The summed E-state index contributed by atoms with van der Waals surface area (Å²) in [6.07, 6.45) is 6.41. The van der Waals surface area contributed by atoms with Gasteiger partial charge in [-0.15, -0.1) is 0 Å². The topological polar surface area (TPSA) is 94.1 Å². The Bertz CT molecular complexity index is 1010. The smallest absolute Gasteiger partial charge is 0.224 e. The van der Waals surface area contributed by atoms with E-state index in [1.807, 2.05) is 24.4 Å². The van der Waals surface area contributed by atoms with E-state index < -0.39 is 0 Å². The van der Waals surface area contributed by atoms with Crippen LogP contribution in [0.2, 0.25) is 0 Å². The predicted octanol–water partition coefficient (Wildman–Crippen LogP) is 2.75. The summed E-state index contributed by atoms with van der Waals surface area (Å²) in [7, 11) is 0. The Morgan fingerprint density at radius 1 is 1.06 bits per heavy atom. The molecular formula is C24H33N7O. The minimum atomic E-state index is 0.352. The van der Waals surface area contributed by atoms with E-state index in [2.05, 4.69) is 32.0 Å². The third-order valence-electron chi connectivity index (χ3n) is 6.67. The monoisotopic (exact) mass is 435 g/mol. The first-order valence-corrected chi connectivity index (χ1v) is 11.8. The van der Waals surface area contributed by atoms with E-state index >= 15 is 0 Å². The standard InChI is InChI=1S/C24H33N7O/c25-20-8-6-18(7-9-20)17-31-23-21(22(29-31)19-4-2-1-3-5-19)16-27-24(28-23)26-10-11-30-12-14-32-15-13-30/h1-5,16,18,20H,6-15,17,25H2,(H,26,27,28). The van der Waals surface area contributed by atoms with Crippen LogP contribution in [-0.4, -0.2) is 70.1 Å². The van der Waals surface area contributed by atoms with Gasteiger partial charge in [-0.2, -0.15) is 10.1 Å². The molecular weight excluding hydrogens is 402 g/mol. The molecule has 8 nitrogen and oxygen atoms in total. The second-order valence-electron chi connectivity index (χ2n) is 8.99. The Hall–Kier alpha value is -2.55. The highest BCUT2D eigenvalue weighted by molar-refractivity contribution is 5.91. The number of nitrogens with zero attached hydrogens (tertiary/aromatic N) is 5. The summed E-state index contributed by atoms with van der Waals surface area (Å²) in [5.74, 6) is 1.26. The molecule has 1 saturated carbocycles. The number of rotatable bonds is 7. The maximum Gasteiger partial charge on any atom is 0.224 e. The minimum Gasteiger partial charge on any atom is -0.379 e. The number of nitrogens with two attached hydrogens (primary N) is 1. The van der Waals surface area contributed by atoms with E-state index in [-0.39, 0.29) is 0 Å². The molecule has 0 atom stereocenters. The zero-order chi connectivity index (χ0) is 21.8. The molecule has 1 aliphatic carbocycles. The van der Waals surface area contributed by atoms with Crippen molar-refractivity contribution in [2.75, 3.05) is 44.7 Å². The Labute approximate surface area is 189 Å². The van der Waals surface area contributed by atoms with Crippen LogP contribution in [0.15, 0.2) is 36.5 Å². The summed E-state index contributed by atoms with van der Waals surface area (Å²) in [4.78, 5) is 11.9. The molecule has 0 amide bonds. The summed E-state index contributed by atoms with van der Waals surface area (Å²) in [5, 5.41) is 9.41. The molecule has 1 aromatic carbocycles. The Morgan fingerprint density at radius 2 is 1.84 bits per heavy atom. The highest BCUT2D eigenvalue weighted by Crippen LogP contribution is 2.30. The van der Waals surface area contributed by atoms with Crippen molar-refractivity contribution >= 4 is 17.0 Å². The fourth-order valence-corrected chi connectivity index (χ4v) is 4.75. The molecule has 0 spiro atoms. The van der Waals surface area contributed by atoms with Crippen molar-refractivity contribution in [3.05, 3.63) is 36.5 Å². The Kier molecular flexibility index (Phi) is 6.61. The van der Waals surface area contributed by atoms with Crippen LogP contribution in [0.1, 0.15) is 25.7 Å². The zero-order valence-electron chi connectivity index (χ0n) is 18.6. The second-order valence-corrected chi connectivity index (χ2v) is 8.99. The number of aromatic nitrogens is 4. The molecule has 1 saturated heterocycles. The second kappa shape index (κ2) is 9.94. The molecule has 3 heterocycles. The maximum atomic E-state index is 6.12. The van der Waals surface area contributed by atoms with Gasteiger partial charge in [0.1, 0.15) is 5.69 Å². The van der Waals surface area contributed by atoms with Gasteiger partial charge in [-0.05, 0) is 31.6 Å². The number of hydrogen-bond donors (Lipinski definition) is 2. The number of fused-ring (bicyclic) bond motifs is 1. The van der Waals surface area contributed by atoms with E-state index in [1.165, 1.54) is 0 Å². The van der Waals surface area contributed by atoms with Gasteiger partial charge >= 0.3 is 0 Å². The molecule has 3 aromatic rings. The molecule has 0 bridgehead atoms. The van der Waals surface area contributed by atoms with Crippen molar-refractivity contribution in [1.82, 2.24) is 24.6 Å². The van der Waals surface area contributed by atoms with E-state index in [0.717, 1.165) is 93.9 Å². The van der Waals surface area contributed by atoms with Crippen molar-refractivity contribution in [3.63, 3.8) is 0 Å². The van der Waals surface area contributed by atoms with Crippen LogP contribution >= 0.6 is 0 Å². The van der Waals surface area contributed by atoms with Gasteiger partial charge in [0.15, 0.2) is 5.65 Å². The third kappa shape index (κ3) is 4.92. The quantitative estimate of drug-likeness (QED) is 0.589. The SMILES string of the molecule is NC1CCC(Cn2nc(-c3ccccc3)c3cnc(NCCN4CCOCC4)nc32)CC1. The van der Waals surface area contributed by atoms with Crippen molar-refractivity contribution in [2.24, 2.45) is 11.7 Å². The first-order chi connectivity index (χ1) is 15.8. The number of nitrogens with one attached hydrogen (secondary N) is 1. The van der Waals surface area contributed by atoms with Crippen LogP contribution in [0, 0.1) is 5.92 Å². The van der Waals surface area contributed by atoms with Gasteiger partial charge < -0.3 is 15.8 Å². The third-order valence-corrected chi connectivity index (χ3v) is 6.67. The van der Waals surface area contributed by atoms with E-state index in [1.54, 1.807) is 0 Å². The number of morpholine rings is 1. The van der Waals surface area contributed by atoms with E-state index in [9.17, 15) is 0 Å². The first-order valence-electron chi connectivity index (χ1n) is 11.8. The van der Waals surface area contributed by atoms with Crippen molar-refractivity contribution in [1.29, 1.82) is 0 Å². The molecule has 5 rings (SSSR count). The maximum absolute atomic E-state index is 6.12. The zero-order valence-corrected chi connectivity index (χ0v) is 18.6. The summed E-state index contributed by atoms with van der Waals surface area (Å²) in [6.45, 7) is 6.25. The molecule has 170 valence electrons. The van der Waals surface area contributed by atoms with Crippen LogP contribution < -0.4 is 11.1 Å². The van der Waals surface area contributed by atoms with Crippen LogP contribution in [0.25, 0.3) is 22.3 Å². The number of ether oxygens (including phenoxy) is 1. The first kappa shape index (κ1) is 21.3. The highest BCUT2D eigenvalue weighted by atomic mass is 16.5. The number of benzene rings is 1. The number of hydrogen-bond acceptors (Lipinski definition) is 7. The van der Waals surface area contributed by atoms with Crippen LogP contribution in [0.4, 0.5) is 5.95 Å². The van der Waals surface area contributed by atoms with Gasteiger partial charge in [0.2, 0.25) is 5.95 Å². The lowest BCUT2D eigenvalue weighted by atomic mass is 9.86. The van der Waals surface area contributed by atoms with Gasteiger partial charge in [0, 0.05) is 50.5 Å². The lowest BCUT2D eigenvalue weighted by Gasteiger charge is -2.26. The fraction of sp³-hybridized carbons (Fsp3) is 0.542. The molecule has 1 aliphatic heterocycles. The largest absolute Gasteiger partial charge is 0.379 e. The normalized spacial score (nSPS) is 22.3. The average molecular weight is 436 g/mol. The molecule has 0 radical (unpaired) electrons. The molecule has 32 heavy (non-hydrogen) atoms. The molecule has 3 N–H and O–H groups in total. The highest BCUT2D eigenvalue weighted by Gasteiger charge is 2.22. The van der Waals surface area contributed by atoms with Gasteiger partial charge in [-0.3, -0.25) is 4.90 Å². The van der Waals surface area contributed by atoms with Gasteiger partial charge in [-0.1, -0.05) is 30.3 Å². The summed E-state index contributed by atoms with van der Waals surface area (Å²) < 4.78 is 7.52.